The minimum Gasteiger partial charge on any atom is -0.465 e. The molecule has 0 spiro atoms. The van der Waals surface area contributed by atoms with Crippen LogP contribution in [0.5, 0.6) is 0 Å². The lowest BCUT2D eigenvalue weighted by Crippen LogP contribution is -2.05. The number of benzene rings is 1. The fraction of sp³-hybridized carbons (Fsp3) is 0.286. The van der Waals surface area contributed by atoms with Crippen molar-refractivity contribution in [2.45, 2.75) is 6.42 Å². The number of ether oxygens (including phenoxy) is 2. The Kier molecular flexibility index (Phi) is 5.58. The number of esters is 1. The molecule has 0 aliphatic carbocycles. The molecule has 2 aromatic rings. The first kappa shape index (κ1) is 16.2. The van der Waals surface area contributed by atoms with Crippen molar-refractivity contribution in [3.05, 3.63) is 38.8 Å². The fourth-order valence-electron chi connectivity index (χ4n) is 1.75. The van der Waals surface area contributed by atoms with Gasteiger partial charge in [-0.1, -0.05) is 23.2 Å². The van der Waals surface area contributed by atoms with E-state index in [1.165, 1.54) is 18.4 Å². The average Bonchev–Trinajstić information content (AvgIpc) is 2.88. The summed E-state index contributed by atoms with van der Waals surface area (Å²) in [5, 5.41) is 1.70. The van der Waals surface area contributed by atoms with E-state index in [4.69, 9.17) is 32.7 Å². The number of carbonyl (C=O) groups is 1. The van der Waals surface area contributed by atoms with E-state index in [1.54, 1.807) is 25.3 Å². The van der Waals surface area contributed by atoms with Gasteiger partial charge in [-0.3, -0.25) is 0 Å². The fourth-order valence-corrected chi connectivity index (χ4v) is 3.37. The van der Waals surface area contributed by atoms with Crippen LogP contribution < -0.4 is 0 Å². The maximum atomic E-state index is 11.8. The highest BCUT2D eigenvalue weighted by atomic mass is 35.5. The van der Waals surface area contributed by atoms with E-state index in [0.717, 1.165) is 5.56 Å². The number of nitrogens with zero attached hydrogens (tertiary/aromatic N) is 1. The molecule has 0 saturated heterocycles. The van der Waals surface area contributed by atoms with Crippen molar-refractivity contribution in [3.8, 4) is 10.6 Å². The van der Waals surface area contributed by atoms with Crippen LogP contribution >= 0.6 is 34.5 Å². The minimum absolute atomic E-state index is 0.407. The molecule has 0 aliphatic heterocycles. The van der Waals surface area contributed by atoms with Crippen molar-refractivity contribution in [2.75, 3.05) is 20.8 Å². The standard InChI is InChI=1S/C14H13Cl2NO3S/c1-19-6-5-11-12(14(18)20-2)21-13(17-11)9-4-3-8(15)7-10(9)16/h3-4,7H,5-6H2,1-2H3. The van der Waals surface area contributed by atoms with Crippen molar-refractivity contribution in [1.29, 1.82) is 0 Å². The SMILES string of the molecule is COCCc1nc(-c2ccc(Cl)cc2Cl)sc1C(=O)OC. The van der Waals surface area contributed by atoms with E-state index in [1.807, 2.05) is 0 Å². The molecule has 1 aromatic carbocycles. The first-order chi connectivity index (χ1) is 10.1. The van der Waals surface area contributed by atoms with E-state index in [0.29, 0.717) is 38.7 Å². The molecule has 0 radical (unpaired) electrons. The predicted molar refractivity (Wildman–Crippen MR) is 84.5 cm³/mol. The lowest BCUT2D eigenvalue weighted by Gasteiger charge is -2.00. The van der Waals surface area contributed by atoms with Crippen LogP contribution in [0.3, 0.4) is 0 Å². The van der Waals surface area contributed by atoms with Gasteiger partial charge in [0.2, 0.25) is 0 Å². The number of hydrogen-bond donors (Lipinski definition) is 0. The zero-order valence-electron chi connectivity index (χ0n) is 11.5. The number of rotatable bonds is 5. The van der Waals surface area contributed by atoms with Gasteiger partial charge in [-0.25, -0.2) is 9.78 Å². The summed E-state index contributed by atoms with van der Waals surface area (Å²) in [5.41, 5.74) is 1.38. The van der Waals surface area contributed by atoms with Gasteiger partial charge in [0.05, 0.1) is 24.4 Å². The highest BCUT2D eigenvalue weighted by Crippen LogP contribution is 2.35. The van der Waals surface area contributed by atoms with Gasteiger partial charge in [0.1, 0.15) is 9.88 Å². The average molecular weight is 346 g/mol. The quantitative estimate of drug-likeness (QED) is 0.765. The van der Waals surface area contributed by atoms with E-state index in [-0.39, 0.29) is 0 Å². The largest absolute Gasteiger partial charge is 0.465 e. The monoisotopic (exact) mass is 345 g/mol. The molecule has 0 atom stereocenters. The number of halogens is 2. The molecule has 0 saturated carbocycles. The molecular weight excluding hydrogens is 333 g/mol. The van der Waals surface area contributed by atoms with Crippen LogP contribution in [-0.4, -0.2) is 31.8 Å². The maximum Gasteiger partial charge on any atom is 0.349 e. The summed E-state index contributed by atoms with van der Waals surface area (Å²) in [6.45, 7) is 0.474. The summed E-state index contributed by atoms with van der Waals surface area (Å²) in [6.07, 6.45) is 0.530. The molecule has 4 nitrogen and oxygen atoms in total. The highest BCUT2D eigenvalue weighted by molar-refractivity contribution is 7.17. The minimum atomic E-state index is -0.407. The van der Waals surface area contributed by atoms with Crippen LogP contribution in [0.25, 0.3) is 10.6 Å². The molecule has 1 heterocycles. The van der Waals surface area contributed by atoms with E-state index >= 15 is 0 Å². The Hall–Kier alpha value is -1.14. The summed E-state index contributed by atoms with van der Waals surface area (Å²) < 4.78 is 9.83. The van der Waals surface area contributed by atoms with Crippen LogP contribution in [0.1, 0.15) is 15.4 Å². The smallest absolute Gasteiger partial charge is 0.349 e. The molecule has 0 unspecified atom stereocenters. The lowest BCUT2D eigenvalue weighted by molar-refractivity contribution is 0.0604. The predicted octanol–water partition coefficient (Wildman–Crippen LogP) is 4.09. The molecule has 0 bridgehead atoms. The van der Waals surface area contributed by atoms with Gasteiger partial charge in [0.25, 0.3) is 0 Å². The number of hydrogen-bond acceptors (Lipinski definition) is 5. The number of thiazole rings is 1. The molecule has 112 valence electrons. The van der Waals surface area contributed by atoms with E-state index in [9.17, 15) is 4.79 Å². The Morgan fingerprint density at radius 3 is 2.71 bits per heavy atom. The molecule has 2 rings (SSSR count). The van der Waals surface area contributed by atoms with Gasteiger partial charge in [0.15, 0.2) is 0 Å². The molecular formula is C14H13Cl2NO3S. The van der Waals surface area contributed by atoms with E-state index in [2.05, 4.69) is 4.98 Å². The highest BCUT2D eigenvalue weighted by Gasteiger charge is 2.20. The summed E-state index contributed by atoms with van der Waals surface area (Å²) in [6, 6.07) is 5.16. The number of methoxy groups -OCH3 is 2. The van der Waals surface area contributed by atoms with Crippen molar-refractivity contribution in [3.63, 3.8) is 0 Å². The van der Waals surface area contributed by atoms with Gasteiger partial charge in [0, 0.05) is 24.1 Å². The zero-order chi connectivity index (χ0) is 15.4. The second kappa shape index (κ2) is 7.22. The Balaban J connectivity index is 2.44. The first-order valence-electron chi connectivity index (χ1n) is 6.09. The Bertz CT molecular complexity index is 658. The third kappa shape index (κ3) is 3.74. The maximum absolute atomic E-state index is 11.8. The molecule has 0 aliphatic rings. The zero-order valence-corrected chi connectivity index (χ0v) is 13.8. The van der Waals surface area contributed by atoms with Gasteiger partial charge in [-0.05, 0) is 18.2 Å². The summed E-state index contributed by atoms with van der Waals surface area (Å²) in [4.78, 5) is 16.8. The van der Waals surface area contributed by atoms with Crippen molar-refractivity contribution >= 4 is 40.5 Å². The first-order valence-corrected chi connectivity index (χ1v) is 7.66. The molecule has 1 aromatic heterocycles. The molecule has 0 amide bonds. The van der Waals surface area contributed by atoms with Crippen LogP contribution in [0.4, 0.5) is 0 Å². The van der Waals surface area contributed by atoms with Gasteiger partial charge in [-0.2, -0.15) is 0 Å². The third-order valence-electron chi connectivity index (χ3n) is 2.77. The van der Waals surface area contributed by atoms with Crippen LogP contribution in [-0.2, 0) is 15.9 Å². The van der Waals surface area contributed by atoms with Crippen LogP contribution in [0, 0.1) is 0 Å². The lowest BCUT2D eigenvalue weighted by atomic mass is 10.2. The van der Waals surface area contributed by atoms with Crippen LogP contribution in [0.15, 0.2) is 18.2 Å². The Labute approximate surface area is 136 Å². The van der Waals surface area contributed by atoms with Crippen molar-refractivity contribution < 1.29 is 14.3 Å². The van der Waals surface area contributed by atoms with Gasteiger partial charge < -0.3 is 9.47 Å². The molecule has 0 N–H and O–H groups in total. The van der Waals surface area contributed by atoms with Crippen molar-refractivity contribution in [2.24, 2.45) is 0 Å². The Morgan fingerprint density at radius 2 is 2.10 bits per heavy atom. The number of carbonyl (C=O) groups excluding carboxylic acids is 1. The summed E-state index contributed by atoms with van der Waals surface area (Å²) >= 11 is 13.3. The second-order valence-corrected chi connectivity index (χ2v) is 6.00. The molecule has 21 heavy (non-hydrogen) atoms. The molecule has 7 heteroatoms. The van der Waals surface area contributed by atoms with E-state index < -0.39 is 5.97 Å². The number of aromatic nitrogens is 1. The second-order valence-electron chi connectivity index (χ2n) is 4.15. The van der Waals surface area contributed by atoms with Crippen LogP contribution in [0.2, 0.25) is 10.0 Å². The molecule has 0 fully saturated rings. The Morgan fingerprint density at radius 1 is 1.33 bits per heavy atom. The van der Waals surface area contributed by atoms with Gasteiger partial charge >= 0.3 is 5.97 Å². The van der Waals surface area contributed by atoms with Crippen molar-refractivity contribution in [1.82, 2.24) is 4.98 Å². The third-order valence-corrected chi connectivity index (χ3v) is 4.43. The van der Waals surface area contributed by atoms with Gasteiger partial charge in [-0.15, -0.1) is 11.3 Å². The summed E-state index contributed by atoms with van der Waals surface area (Å²) in [5.74, 6) is -0.407. The summed E-state index contributed by atoms with van der Waals surface area (Å²) in [7, 11) is 2.94. The normalized spacial score (nSPS) is 10.7. The topological polar surface area (TPSA) is 48.4 Å².